The summed E-state index contributed by atoms with van der Waals surface area (Å²) >= 11 is 0. The third kappa shape index (κ3) is 6.06. The van der Waals surface area contributed by atoms with E-state index >= 15 is 0 Å². The molecule has 4 aliphatic rings. The molecule has 10 heteroatoms. The van der Waals surface area contributed by atoms with Gasteiger partial charge < -0.3 is 29.7 Å². The van der Waals surface area contributed by atoms with Crippen molar-refractivity contribution in [2.24, 2.45) is 11.8 Å². The van der Waals surface area contributed by atoms with Crippen molar-refractivity contribution in [2.75, 3.05) is 32.8 Å². The summed E-state index contributed by atoms with van der Waals surface area (Å²) in [5.41, 5.74) is -1.28. The fraction of sp³-hybridized carbons (Fsp3) is 0.724. The van der Waals surface area contributed by atoms with Crippen molar-refractivity contribution in [2.45, 2.75) is 89.1 Å². The Balaban J connectivity index is 1.70. The van der Waals surface area contributed by atoms with Gasteiger partial charge in [-0.1, -0.05) is 50.5 Å². The molecule has 0 saturated carbocycles. The summed E-state index contributed by atoms with van der Waals surface area (Å²) in [5.74, 6) is -2.90. The van der Waals surface area contributed by atoms with Gasteiger partial charge in [0.2, 0.25) is 17.7 Å². The number of nitrogens with zero attached hydrogens (tertiary/aromatic N) is 2. The van der Waals surface area contributed by atoms with Gasteiger partial charge in [0.05, 0.1) is 18.6 Å². The molecule has 6 atom stereocenters. The highest BCUT2D eigenvalue weighted by molar-refractivity contribution is 5.99. The van der Waals surface area contributed by atoms with Gasteiger partial charge in [-0.2, -0.15) is 0 Å². The maximum Gasteiger partial charge on any atom is 0.313 e. The van der Waals surface area contributed by atoms with Gasteiger partial charge in [0.15, 0.2) is 0 Å². The van der Waals surface area contributed by atoms with E-state index in [0.717, 1.165) is 25.7 Å². The Bertz CT molecular complexity index is 982. The van der Waals surface area contributed by atoms with Crippen LogP contribution >= 0.6 is 0 Å². The second-order valence-electron chi connectivity index (χ2n) is 11.1. The summed E-state index contributed by atoms with van der Waals surface area (Å²) in [6, 6.07) is -0.867. The Labute approximate surface area is 230 Å². The number of carbonyl (C=O) groups is 4. The lowest BCUT2D eigenvalue weighted by Gasteiger charge is -2.35. The first-order chi connectivity index (χ1) is 18.8. The number of fused-ring (bicyclic) bond motifs is 2. The summed E-state index contributed by atoms with van der Waals surface area (Å²) in [6.07, 6.45) is 11.5. The minimum atomic E-state index is -1.28. The molecule has 0 unspecified atom stereocenters. The molecule has 4 rings (SSSR count). The molecule has 0 bridgehead atoms. The first kappa shape index (κ1) is 29.3. The standard InChI is InChI=1S/C29H43N3O7/c1-3-4-15-31-16-11-14-29-24(26(35)32(25(29)27(31)36)17-9-5-6-10-18-33)23-21(39-29)12-7-8-13-22(34)30-19-20(2)38-28(23)37/h7,11-12,14,20-21,23-25,33H,3-6,8-10,13,15-19H2,1-2H3,(H,30,34)/b12-7-/t20-,21-,23+,24+,25-,29+/m0/s1. The lowest BCUT2D eigenvalue weighted by atomic mass is 9.78. The van der Waals surface area contributed by atoms with Gasteiger partial charge in [-0.05, 0) is 32.6 Å². The molecule has 10 nitrogen and oxygen atoms in total. The van der Waals surface area contributed by atoms with Crippen LogP contribution < -0.4 is 5.32 Å². The number of aliphatic hydroxyl groups excluding tert-OH is 1. The van der Waals surface area contributed by atoms with Crippen molar-refractivity contribution in [1.29, 1.82) is 0 Å². The molecule has 2 fully saturated rings. The monoisotopic (exact) mass is 545 g/mol. The van der Waals surface area contributed by atoms with E-state index in [0.29, 0.717) is 45.3 Å². The number of hydrogen-bond donors (Lipinski definition) is 2. The highest BCUT2D eigenvalue weighted by atomic mass is 16.6. The minimum absolute atomic E-state index is 0.126. The predicted molar refractivity (Wildman–Crippen MR) is 143 cm³/mol. The smallest absolute Gasteiger partial charge is 0.313 e. The van der Waals surface area contributed by atoms with E-state index in [2.05, 4.69) is 12.2 Å². The zero-order valence-electron chi connectivity index (χ0n) is 23.2. The highest BCUT2D eigenvalue weighted by Crippen LogP contribution is 2.53. The van der Waals surface area contributed by atoms with E-state index in [1.807, 2.05) is 12.2 Å². The predicted octanol–water partition coefficient (Wildman–Crippen LogP) is 1.72. The van der Waals surface area contributed by atoms with Crippen molar-refractivity contribution in [3.05, 3.63) is 24.3 Å². The number of likely N-dealkylation sites (tertiary alicyclic amines) is 1. The maximum atomic E-state index is 14.2. The normalized spacial score (nSPS) is 33.9. The van der Waals surface area contributed by atoms with Crippen LogP contribution in [0, 0.1) is 11.8 Å². The molecule has 0 aromatic rings. The highest BCUT2D eigenvalue weighted by Gasteiger charge is 2.71. The SMILES string of the molecule is CCCCN1CC=C[C@@]23O[C@H]4/C=C\CCC(=O)NC[C@H](C)OC(=O)[C@H]4[C@@H]2C(=O)N(CCCCCCO)[C@H]3C1=O. The van der Waals surface area contributed by atoms with E-state index in [1.165, 1.54) is 0 Å². The Morgan fingerprint density at radius 2 is 1.85 bits per heavy atom. The minimum Gasteiger partial charge on any atom is -0.460 e. The van der Waals surface area contributed by atoms with Crippen LogP contribution in [0.25, 0.3) is 0 Å². The first-order valence-corrected chi connectivity index (χ1v) is 14.5. The van der Waals surface area contributed by atoms with Crippen LogP contribution in [-0.2, 0) is 28.7 Å². The number of rotatable bonds is 9. The molecule has 2 saturated heterocycles. The van der Waals surface area contributed by atoms with Crippen LogP contribution in [-0.4, -0.2) is 95.2 Å². The topological polar surface area (TPSA) is 125 Å². The van der Waals surface area contributed by atoms with E-state index in [9.17, 15) is 19.2 Å². The number of unbranched alkanes of at least 4 members (excludes halogenated alkanes) is 4. The first-order valence-electron chi connectivity index (χ1n) is 14.5. The Kier molecular flexibility index (Phi) is 9.82. The second kappa shape index (κ2) is 13.1. The number of cyclic esters (lactones) is 1. The Morgan fingerprint density at radius 1 is 1.05 bits per heavy atom. The molecule has 4 aliphatic heterocycles. The molecule has 1 spiro atoms. The van der Waals surface area contributed by atoms with E-state index < -0.39 is 41.7 Å². The van der Waals surface area contributed by atoms with Gasteiger partial charge in [-0.25, -0.2) is 0 Å². The number of aliphatic hydroxyl groups is 1. The number of esters is 1. The summed E-state index contributed by atoms with van der Waals surface area (Å²) in [4.78, 5) is 57.3. The molecule has 0 aromatic carbocycles. The van der Waals surface area contributed by atoms with Gasteiger partial charge in [0.1, 0.15) is 23.7 Å². The number of amides is 3. The van der Waals surface area contributed by atoms with E-state index in [4.69, 9.17) is 14.6 Å². The molecule has 0 radical (unpaired) electrons. The zero-order chi connectivity index (χ0) is 28.0. The van der Waals surface area contributed by atoms with Crippen molar-refractivity contribution in [1.82, 2.24) is 15.1 Å². The van der Waals surface area contributed by atoms with Gasteiger partial charge in [0, 0.05) is 32.7 Å². The average molecular weight is 546 g/mol. The largest absolute Gasteiger partial charge is 0.460 e. The number of nitrogens with one attached hydrogen (secondary N) is 1. The van der Waals surface area contributed by atoms with Crippen molar-refractivity contribution >= 4 is 23.7 Å². The summed E-state index contributed by atoms with van der Waals surface area (Å²) in [7, 11) is 0. The van der Waals surface area contributed by atoms with Crippen LogP contribution in [0.2, 0.25) is 0 Å². The van der Waals surface area contributed by atoms with Crippen LogP contribution in [0.15, 0.2) is 24.3 Å². The Hall–Kier alpha value is -2.72. The van der Waals surface area contributed by atoms with Gasteiger partial charge in [-0.3, -0.25) is 19.2 Å². The lowest BCUT2D eigenvalue weighted by molar-refractivity contribution is -0.158. The number of hydrogen-bond acceptors (Lipinski definition) is 7. The number of carbonyl (C=O) groups excluding carboxylic acids is 4. The number of allylic oxidation sites excluding steroid dienone is 1. The molecule has 0 aromatic heterocycles. The quantitative estimate of drug-likeness (QED) is 0.257. The van der Waals surface area contributed by atoms with Crippen LogP contribution in [0.5, 0.6) is 0 Å². The average Bonchev–Trinajstić information content (AvgIpc) is 3.29. The van der Waals surface area contributed by atoms with E-state index in [1.54, 1.807) is 28.9 Å². The molecular formula is C29H43N3O7. The van der Waals surface area contributed by atoms with Gasteiger partial charge in [-0.15, -0.1) is 0 Å². The summed E-state index contributed by atoms with van der Waals surface area (Å²) in [6.45, 7) is 5.47. The van der Waals surface area contributed by atoms with Crippen molar-refractivity contribution in [3.8, 4) is 0 Å². The fourth-order valence-corrected chi connectivity index (χ4v) is 6.25. The molecule has 39 heavy (non-hydrogen) atoms. The van der Waals surface area contributed by atoms with Crippen molar-refractivity contribution < 1.29 is 33.8 Å². The summed E-state index contributed by atoms with van der Waals surface area (Å²) in [5, 5.41) is 11.9. The maximum absolute atomic E-state index is 14.2. The van der Waals surface area contributed by atoms with Crippen LogP contribution in [0.1, 0.15) is 65.2 Å². The molecular weight excluding hydrogens is 502 g/mol. The zero-order valence-corrected chi connectivity index (χ0v) is 23.2. The molecule has 3 amide bonds. The fourth-order valence-electron chi connectivity index (χ4n) is 6.25. The third-order valence-corrected chi connectivity index (χ3v) is 8.21. The third-order valence-electron chi connectivity index (χ3n) is 8.21. The van der Waals surface area contributed by atoms with Crippen LogP contribution in [0.3, 0.4) is 0 Å². The second-order valence-corrected chi connectivity index (χ2v) is 11.1. The Morgan fingerprint density at radius 3 is 2.62 bits per heavy atom. The number of ether oxygens (including phenoxy) is 2. The molecule has 2 N–H and O–H groups in total. The lowest BCUT2D eigenvalue weighted by Crippen LogP contribution is -2.55. The van der Waals surface area contributed by atoms with Gasteiger partial charge in [0.25, 0.3) is 0 Å². The molecule has 0 aliphatic carbocycles. The molecule has 4 heterocycles. The van der Waals surface area contributed by atoms with E-state index in [-0.39, 0.29) is 30.9 Å². The van der Waals surface area contributed by atoms with Gasteiger partial charge >= 0.3 is 5.97 Å². The van der Waals surface area contributed by atoms with Crippen LogP contribution in [0.4, 0.5) is 0 Å². The summed E-state index contributed by atoms with van der Waals surface area (Å²) < 4.78 is 12.4. The molecule has 216 valence electrons. The van der Waals surface area contributed by atoms with Crippen molar-refractivity contribution in [3.63, 3.8) is 0 Å².